The second kappa shape index (κ2) is 9.17. The third kappa shape index (κ3) is 4.64. The van der Waals surface area contributed by atoms with E-state index in [1.54, 1.807) is 22.8 Å². The molecule has 3 rings (SSSR count). The lowest BCUT2D eigenvalue weighted by atomic mass is 10.1. The molecular weight excluding hydrogens is 388 g/mol. The Hall–Kier alpha value is -2.74. The van der Waals surface area contributed by atoms with Gasteiger partial charge in [-0.1, -0.05) is 57.1 Å². The van der Waals surface area contributed by atoms with Gasteiger partial charge in [0, 0.05) is 18.4 Å². The van der Waals surface area contributed by atoms with E-state index in [0.717, 1.165) is 30.7 Å². The van der Waals surface area contributed by atoms with Crippen LogP contribution in [0.4, 0.5) is 5.13 Å². The van der Waals surface area contributed by atoms with Crippen LogP contribution in [0, 0.1) is 5.92 Å². The Morgan fingerprint density at radius 3 is 2.72 bits per heavy atom. The first-order chi connectivity index (χ1) is 13.9. The van der Waals surface area contributed by atoms with Crippen LogP contribution in [0.3, 0.4) is 0 Å². The molecule has 29 heavy (non-hydrogen) atoms. The summed E-state index contributed by atoms with van der Waals surface area (Å²) in [6, 6.07) is 7.08. The molecule has 0 radical (unpaired) electrons. The Morgan fingerprint density at radius 1 is 1.24 bits per heavy atom. The van der Waals surface area contributed by atoms with E-state index in [2.05, 4.69) is 36.3 Å². The van der Waals surface area contributed by atoms with E-state index in [9.17, 15) is 14.7 Å². The summed E-state index contributed by atoms with van der Waals surface area (Å²) in [5.41, 5.74) is -0.139. The molecule has 0 fully saturated rings. The number of amides is 1. The third-order valence-electron chi connectivity index (χ3n) is 4.63. The number of hydrogen-bond acceptors (Lipinski definition) is 6. The van der Waals surface area contributed by atoms with Crippen LogP contribution in [0.15, 0.2) is 29.1 Å². The number of nitrogens with one attached hydrogen (secondary N) is 1. The van der Waals surface area contributed by atoms with Gasteiger partial charge in [-0.15, -0.1) is 10.2 Å². The summed E-state index contributed by atoms with van der Waals surface area (Å²) < 4.78 is 1.57. The van der Waals surface area contributed by atoms with Crippen molar-refractivity contribution in [2.24, 2.45) is 5.92 Å². The number of aromatic nitrogens is 3. The summed E-state index contributed by atoms with van der Waals surface area (Å²) in [6.07, 6.45) is 3.58. The van der Waals surface area contributed by atoms with Crippen molar-refractivity contribution in [1.29, 1.82) is 0 Å². The molecule has 0 saturated carbocycles. The zero-order chi connectivity index (χ0) is 21.0. The molecule has 1 aromatic carbocycles. The van der Waals surface area contributed by atoms with Crippen molar-refractivity contribution in [2.75, 3.05) is 5.32 Å². The van der Waals surface area contributed by atoms with Crippen molar-refractivity contribution in [2.45, 2.75) is 53.0 Å². The normalized spacial score (nSPS) is 11.3. The summed E-state index contributed by atoms with van der Waals surface area (Å²) in [5.74, 6) is -0.553. The van der Waals surface area contributed by atoms with Crippen molar-refractivity contribution < 1.29 is 9.90 Å². The molecule has 2 heterocycles. The van der Waals surface area contributed by atoms with Crippen LogP contribution in [-0.4, -0.2) is 25.8 Å². The van der Waals surface area contributed by atoms with Gasteiger partial charge in [0.2, 0.25) is 5.13 Å². The lowest BCUT2D eigenvalue weighted by Gasteiger charge is -2.14. The third-order valence-corrected chi connectivity index (χ3v) is 5.49. The van der Waals surface area contributed by atoms with Crippen LogP contribution in [0.1, 0.15) is 55.4 Å². The van der Waals surface area contributed by atoms with Gasteiger partial charge in [-0.3, -0.25) is 14.9 Å². The van der Waals surface area contributed by atoms with Gasteiger partial charge < -0.3 is 9.67 Å². The monoisotopic (exact) mass is 414 g/mol. The topological polar surface area (TPSA) is 97.1 Å². The molecule has 0 spiro atoms. The number of hydrogen-bond donors (Lipinski definition) is 2. The Balaban J connectivity index is 1.98. The quantitative estimate of drug-likeness (QED) is 0.539. The molecule has 1 amide bonds. The molecule has 0 aliphatic heterocycles. The number of para-hydroxylation sites is 1. The van der Waals surface area contributed by atoms with Gasteiger partial charge in [0.25, 0.3) is 11.5 Å². The summed E-state index contributed by atoms with van der Waals surface area (Å²) in [4.78, 5) is 26.0. The highest BCUT2D eigenvalue weighted by Crippen LogP contribution is 2.27. The number of rotatable bonds is 8. The number of pyridine rings is 1. The minimum Gasteiger partial charge on any atom is -0.506 e. The molecule has 8 heteroatoms. The number of unbranched alkanes of at least 4 members (excludes halogenated alkanes) is 2. The number of carbonyl (C=O) groups excluding carboxylic acids is 1. The summed E-state index contributed by atoms with van der Waals surface area (Å²) in [7, 11) is 0. The Labute approximate surface area is 173 Å². The Bertz CT molecular complexity index is 1070. The molecule has 7 nitrogen and oxygen atoms in total. The molecule has 0 aliphatic rings. The average molecular weight is 415 g/mol. The first kappa shape index (κ1) is 21.0. The molecule has 154 valence electrons. The molecule has 2 N–H and O–H groups in total. The highest BCUT2D eigenvalue weighted by molar-refractivity contribution is 7.15. The zero-order valence-electron chi connectivity index (χ0n) is 16.9. The molecule has 0 saturated heterocycles. The van der Waals surface area contributed by atoms with E-state index in [4.69, 9.17) is 0 Å². The van der Waals surface area contributed by atoms with Crippen molar-refractivity contribution in [3.63, 3.8) is 0 Å². The molecular formula is C21H26N4O3S. The fraction of sp³-hybridized carbons (Fsp3) is 0.429. The second-order valence-corrected chi connectivity index (χ2v) is 8.52. The molecule has 3 aromatic rings. The SMILES string of the molecule is CCCCCn1c(=O)c(C(=O)Nc2nnc(CC(C)C)s2)c(O)c2ccccc21. The van der Waals surface area contributed by atoms with Gasteiger partial charge in [0.15, 0.2) is 0 Å². The molecule has 0 aliphatic carbocycles. The highest BCUT2D eigenvalue weighted by atomic mass is 32.1. The highest BCUT2D eigenvalue weighted by Gasteiger charge is 2.23. The minimum atomic E-state index is -0.672. The predicted molar refractivity (Wildman–Crippen MR) is 116 cm³/mol. The lowest BCUT2D eigenvalue weighted by Crippen LogP contribution is -2.30. The molecule has 2 aromatic heterocycles. The van der Waals surface area contributed by atoms with Gasteiger partial charge in [0.05, 0.1) is 5.52 Å². The predicted octanol–water partition coefficient (Wildman–Crippen LogP) is 4.20. The number of nitrogens with zero attached hydrogens (tertiary/aromatic N) is 3. The lowest BCUT2D eigenvalue weighted by molar-refractivity contribution is 0.102. The number of aryl methyl sites for hydroxylation is 1. The average Bonchev–Trinajstić information content (AvgIpc) is 3.10. The largest absolute Gasteiger partial charge is 0.506 e. The summed E-state index contributed by atoms with van der Waals surface area (Å²) >= 11 is 1.28. The van der Waals surface area contributed by atoms with Gasteiger partial charge in [-0.05, 0) is 24.5 Å². The first-order valence-electron chi connectivity index (χ1n) is 9.90. The number of anilines is 1. The van der Waals surface area contributed by atoms with E-state index in [-0.39, 0.29) is 11.3 Å². The number of benzene rings is 1. The standard InChI is InChI=1S/C21H26N4O3S/c1-4-5-8-11-25-15-10-7-6-9-14(15)18(26)17(20(25)28)19(27)22-21-24-23-16(29-21)12-13(2)3/h6-7,9-10,13,26H,4-5,8,11-12H2,1-3H3,(H,22,24,27). The fourth-order valence-corrected chi connectivity index (χ4v) is 4.18. The van der Waals surface area contributed by atoms with Crippen LogP contribution in [0.5, 0.6) is 5.75 Å². The van der Waals surface area contributed by atoms with Crippen molar-refractivity contribution in [3.05, 3.63) is 45.2 Å². The number of fused-ring (bicyclic) bond motifs is 1. The second-order valence-electron chi connectivity index (χ2n) is 7.46. The minimum absolute atomic E-state index is 0.263. The number of carbonyl (C=O) groups is 1. The fourth-order valence-electron chi connectivity index (χ4n) is 3.23. The zero-order valence-corrected chi connectivity index (χ0v) is 17.8. The maximum absolute atomic E-state index is 13.1. The summed E-state index contributed by atoms with van der Waals surface area (Å²) in [5, 5.41) is 23.0. The van der Waals surface area contributed by atoms with Crippen molar-refractivity contribution >= 4 is 33.3 Å². The molecule has 0 atom stereocenters. The van der Waals surface area contributed by atoms with Gasteiger partial charge >= 0.3 is 0 Å². The number of aromatic hydroxyl groups is 1. The van der Waals surface area contributed by atoms with Crippen LogP contribution in [-0.2, 0) is 13.0 Å². The van der Waals surface area contributed by atoms with Crippen LogP contribution >= 0.6 is 11.3 Å². The van der Waals surface area contributed by atoms with E-state index < -0.39 is 11.5 Å². The van der Waals surface area contributed by atoms with E-state index in [0.29, 0.717) is 28.5 Å². The van der Waals surface area contributed by atoms with Gasteiger partial charge in [0.1, 0.15) is 16.3 Å². The van der Waals surface area contributed by atoms with E-state index in [1.165, 1.54) is 11.3 Å². The maximum atomic E-state index is 13.1. The van der Waals surface area contributed by atoms with E-state index in [1.807, 2.05) is 6.07 Å². The molecule has 0 unspecified atom stereocenters. The van der Waals surface area contributed by atoms with Gasteiger partial charge in [-0.25, -0.2) is 0 Å². The first-order valence-corrected chi connectivity index (χ1v) is 10.7. The maximum Gasteiger partial charge on any atom is 0.267 e. The van der Waals surface area contributed by atoms with Gasteiger partial charge in [-0.2, -0.15) is 0 Å². The van der Waals surface area contributed by atoms with E-state index >= 15 is 0 Å². The Kier molecular flexibility index (Phi) is 6.64. The van der Waals surface area contributed by atoms with Crippen LogP contribution in [0.2, 0.25) is 0 Å². The van der Waals surface area contributed by atoms with Crippen LogP contribution in [0.25, 0.3) is 10.9 Å². The van der Waals surface area contributed by atoms with Crippen molar-refractivity contribution in [3.8, 4) is 5.75 Å². The van der Waals surface area contributed by atoms with Crippen LogP contribution < -0.4 is 10.9 Å². The molecule has 0 bridgehead atoms. The van der Waals surface area contributed by atoms with Crippen molar-refractivity contribution in [1.82, 2.24) is 14.8 Å². The Morgan fingerprint density at radius 2 is 2.00 bits per heavy atom. The smallest absolute Gasteiger partial charge is 0.267 e. The summed E-state index contributed by atoms with van der Waals surface area (Å²) in [6.45, 7) is 6.73.